The van der Waals surface area contributed by atoms with Gasteiger partial charge in [0.2, 0.25) is 0 Å². The molecule has 2 aromatic rings. The summed E-state index contributed by atoms with van der Waals surface area (Å²) in [6, 6.07) is 6.17. The lowest BCUT2D eigenvalue weighted by Gasteiger charge is -2.13. The van der Waals surface area contributed by atoms with E-state index in [4.69, 9.17) is 4.74 Å². The van der Waals surface area contributed by atoms with Gasteiger partial charge in [-0.25, -0.2) is 4.39 Å². The molecule has 0 amide bonds. The third kappa shape index (κ3) is 4.79. The molecule has 1 heterocycles. The molecule has 0 saturated heterocycles. The fourth-order valence-corrected chi connectivity index (χ4v) is 2.25. The maximum atomic E-state index is 13.1. The smallest absolute Gasteiger partial charge is 0.141 e. The van der Waals surface area contributed by atoms with Crippen LogP contribution in [0.5, 0.6) is 11.5 Å². The fraction of sp³-hybridized carbons (Fsp3) is 0.312. The number of hydrogen-bond donors (Lipinski definition) is 1. The molecule has 0 saturated carbocycles. The van der Waals surface area contributed by atoms with Gasteiger partial charge in [0.05, 0.1) is 4.47 Å². The van der Waals surface area contributed by atoms with Gasteiger partial charge in [0.25, 0.3) is 0 Å². The maximum absolute atomic E-state index is 13.1. The monoisotopic (exact) mass is 352 g/mol. The molecular formula is C16H18BrFN2O. The van der Waals surface area contributed by atoms with E-state index < -0.39 is 0 Å². The molecule has 5 heteroatoms. The van der Waals surface area contributed by atoms with Crippen molar-refractivity contribution in [3.63, 3.8) is 0 Å². The van der Waals surface area contributed by atoms with E-state index in [1.807, 2.05) is 6.07 Å². The van der Waals surface area contributed by atoms with Crippen LogP contribution >= 0.6 is 15.9 Å². The Morgan fingerprint density at radius 1 is 1.29 bits per heavy atom. The van der Waals surface area contributed by atoms with Crippen molar-refractivity contribution >= 4 is 15.9 Å². The molecule has 0 aliphatic rings. The van der Waals surface area contributed by atoms with E-state index in [1.54, 1.807) is 18.5 Å². The average molecular weight is 353 g/mol. The third-order valence-corrected chi connectivity index (χ3v) is 3.46. The molecule has 1 aromatic heterocycles. The first-order valence-corrected chi connectivity index (χ1v) is 7.62. The van der Waals surface area contributed by atoms with Crippen LogP contribution in [0.15, 0.2) is 41.1 Å². The predicted molar refractivity (Wildman–Crippen MR) is 85.0 cm³/mol. The van der Waals surface area contributed by atoms with Crippen molar-refractivity contribution in [3.05, 3.63) is 52.5 Å². The van der Waals surface area contributed by atoms with Crippen molar-refractivity contribution in [1.29, 1.82) is 0 Å². The zero-order valence-electron chi connectivity index (χ0n) is 12.1. The molecular weight excluding hydrogens is 335 g/mol. The van der Waals surface area contributed by atoms with Crippen LogP contribution in [-0.4, -0.2) is 11.5 Å². The van der Waals surface area contributed by atoms with Gasteiger partial charge >= 0.3 is 0 Å². The quantitative estimate of drug-likeness (QED) is 0.829. The van der Waals surface area contributed by atoms with E-state index >= 15 is 0 Å². The van der Waals surface area contributed by atoms with Crippen molar-refractivity contribution in [2.75, 3.05) is 6.54 Å². The molecule has 0 unspecified atom stereocenters. The highest BCUT2D eigenvalue weighted by Crippen LogP contribution is 2.31. The standard InChI is InChI=1S/C16H18BrFN2O/c1-11(2)8-20-10-12-9-19-6-5-15(12)21-16-4-3-13(18)7-14(16)17/h3-7,9,11,20H,8,10H2,1-2H3. The molecule has 1 N–H and O–H groups in total. The van der Waals surface area contributed by atoms with Gasteiger partial charge in [-0.15, -0.1) is 0 Å². The van der Waals surface area contributed by atoms with Gasteiger partial charge in [-0.1, -0.05) is 13.8 Å². The number of hydrogen-bond acceptors (Lipinski definition) is 3. The number of ether oxygens (including phenoxy) is 1. The number of nitrogens with one attached hydrogen (secondary N) is 1. The highest BCUT2D eigenvalue weighted by molar-refractivity contribution is 9.10. The summed E-state index contributed by atoms with van der Waals surface area (Å²) < 4.78 is 19.5. The summed E-state index contributed by atoms with van der Waals surface area (Å²) in [5.41, 5.74) is 0.967. The molecule has 0 atom stereocenters. The summed E-state index contributed by atoms with van der Waals surface area (Å²) in [7, 11) is 0. The molecule has 0 aliphatic heterocycles. The number of halogens is 2. The zero-order chi connectivity index (χ0) is 15.2. The Labute approximate surface area is 132 Å². The van der Waals surface area contributed by atoms with E-state index in [0.29, 0.717) is 28.4 Å². The summed E-state index contributed by atoms with van der Waals surface area (Å²) in [6.45, 7) is 5.92. The fourth-order valence-electron chi connectivity index (χ4n) is 1.82. The molecule has 0 spiro atoms. The molecule has 112 valence electrons. The average Bonchev–Trinajstić information content (AvgIpc) is 2.43. The van der Waals surface area contributed by atoms with Crippen molar-refractivity contribution < 1.29 is 9.13 Å². The molecule has 3 nitrogen and oxygen atoms in total. The summed E-state index contributed by atoms with van der Waals surface area (Å²) >= 11 is 3.30. The SMILES string of the molecule is CC(C)CNCc1cnccc1Oc1ccc(F)cc1Br. The first-order valence-electron chi connectivity index (χ1n) is 6.82. The number of rotatable bonds is 6. The van der Waals surface area contributed by atoms with Crippen LogP contribution in [0.25, 0.3) is 0 Å². The Morgan fingerprint density at radius 2 is 2.10 bits per heavy atom. The minimum absolute atomic E-state index is 0.303. The summed E-state index contributed by atoms with van der Waals surface area (Å²) in [5, 5.41) is 3.36. The van der Waals surface area contributed by atoms with E-state index in [1.165, 1.54) is 12.1 Å². The van der Waals surface area contributed by atoms with Gasteiger partial charge in [-0.3, -0.25) is 4.98 Å². The lowest BCUT2D eigenvalue weighted by molar-refractivity contribution is 0.463. The number of aromatic nitrogens is 1. The van der Waals surface area contributed by atoms with Crippen LogP contribution in [0.3, 0.4) is 0 Å². The van der Waals surface area contributed by atoms with E-state index in [-0.39, 0.29) is 5.82 Å². The van der Waals surface area contributed by atoms with E-state index in [2.05, 4.69) is 40.1 Å². The van der Waals surface area contributed by atoms with Gasteiger partial charge in [-0.05, 0) is 52.7 Å². The van der Waals surface area contributed by atoms with Gasteiger partial charge in [0, 0.05) is 24.5 Å². The second-order valence-corrected chi connectivity index (χ2v) is 6.04. The van der Waals surface area contributed by atoms with Crippen LogP contribution in [0.4, 0.5) is 4.39 Å². The Kier molecular flexibility index (Phi) is 5.70. The zero-order valence-corrected chi connectivity index (χ0v) is 13.7. The highest BCUT2D eigenvalue weighted by atomic mass is 79.9. The normalized spacial score (nSPS) is 10.9. The lowest BCUT2D eigenvalue weighted by atomic mass is 10.2. The second kappa shape index (κ2) is 7.52. The van der Waals surface area contributed by atoms with Crippen LogP contribution in [0, 0.1) is 11.7 Å². The predicted octanol–water partition coefficient (Wildman–Crippen LogP) is 4.52. The van der Waals surface area contributed by atoms with E-state index in [9.17, 15) is 4.39 Å². The minimum Gasteiger partial charge on any atom is -0.456 e. The maximum Gasteiger partial charge on any atom is 0.141 e. The van der Waals surface area contributed by atoms with Crippen LogP contribution in [0.2, 0.25) is 0 Å². The molecule has 21 heavy (non-hydrogen) atoms. The molecule has 0 aliphatic carbocycles. The lowest BCUT2D eigenvalue weighted by Crippen LogP contribution is -2.19. The number of pyridine rings is 1. The molecule has 0 fully saturated rings. The van der Waals surface area contributed by atoms with Gasteiger partial charge in [0.1, 0.15) is 17.3 Å². The Bertz CT molecular complexity index is 605. The molecule has 2 rings (SSSR count). The van der Waals surface area contributed by atoms with Gasteiger partial charge in [-0.2, -0.15) is 0 Å². The van der Waals surface area contributed by atoms with Crippen molar-refractivity contribution in [1.82, 2.24) is 10.3 Å². The van der Waals surface area contributed by atoms with Crippen molar-refractivity contribution in [2.45, 2.75) is 20.4 Å². The first kappa shape index (κ1) is 15.9. The summed E-state index contributed by atoms with van der Waals surface area (Å²) in [4.78, 5) is 4.13. The Hall–Kier alpha value is -1.46. The summed E-state index contributed by atoms with van der Waals surface area (Å²) in [6.07, 6.45) is 3.46. The number of nitrogens with zero attached hydrogens (tertiary/aromatic N) is 1. The van der Waals surface area contributed by atoms with Crippen LogP contribution in [-0.2, 0) is 6.54 Å². The van der Waals surface area contributed by atoms with Crippen LogP contribution in [0.1, 0.15) is 19.4 Å². The van der Waals surface area contributed by atoms with E-state index in [0.717, 1.165) is 12.1 Å². The topological polar surface area (TPSA) is 34.2 Å². The van der Waals surface area contributed by atoms with Gasteiger partial charge < -0.3 is 10.1 Å². The second-order valence-electron chi connectivity index (χ2n) is 5.18. The Morgan fingerprint density at radius 3 is 2.81 bits per heavy atom. The third-order valence-electron chi connectivity index (χ3n) is 2.84. The largest absolute Gasteiger partial charge is 0.456 e. The molecule has 1 aromatic carbocycles. The molecule has 0 bridgehead atoms. The highest BCUT2D eigenvalue weighted by Gasteiger charge is 2.08. The Balaban J connectivity index is 2.12. The van der Waals surface area contributed by atoms with Crippen molar-refractivity contribution in [3.8, 4) is 11.5 Å². The minimum atomic E-state index is -0.303. The first-order chi connectivity index (χ1) is 10.1. The van der Waals surface area contributed by atoms with Crippen LogP contribution < -0.4 is 10.1 Å². The number of benzene rings is 1. The van der Waals surface area contributed by atoms with Gasteiger partial charge in [0.15, 0.2) is 0 Å². The summed E-state index contributed by atoms with van der Waals surface area (Å²) in [5.74, 6) is 1.57. The molecule has 0 radical (unpaired) electrons. The van der Waals surface area contributed by atoms with Crippen molar-refractivity contribution in [2.24, 2.45) is 5.92 Å².